The van der Waals surface area contributed by atoms with E-state index in [2.05, 4.69) is 12.6 Å². The average Bonchev–Trinajstić information content (AvgIpc) is 2.16. The fourth-order valence-electron chi connectivity index (χ4n) is 1.45. The van der Waals surface area contributed by atoms with Crippen LogP contribution in [0.3, 0.4) is 0 Å². The van der Waals surface area contributed by atoms with E-state index in [9.17, 15) is 13.2 Å². The molecule has 0 spiro atoms. The van der Waals surface area contributed by atoms with Crippen molar-refractivity contribution in [2.24, 2.45) is 0 Å². The highest BCUT2D eigenvalue weighted by molar-refractivity contribution is 7.80. The second kappa shape index (κ2) is 4.73. The van der Waals surface area contributed by atoms with Gasteiger partial charge in [-0.05, 0) is 29.7 Å². The van der Waals surface area contributed by atoms with Gasteiger partial charge in [0.05, 0.1) is 0 Å². The summed E-state index contributed by atoms with van der Waals surface area (Å²) in [6, 6.07) is 1.56. The fraction of sp³-hybridized carbons (Fsp3) is 0.400. The highest BCUT2D eigenvalue weighted by Gasteiger charge is 2.14. The van der Waals surface area contributed by atoms with E-state index in [-0.39, 0.29) is 16.7 Å². The molecule has 0 aromatic heterocycles. The van der Waals surface area contributed by atoms with Gasteiger partial charge < -0.3 is 0 Å². The molecule has 4 heteroatoms. The number of thiol groups is 1. The largest absolute Gasteiger partial charge is 0.246 e. The molecule has 0 aliphatic carbocycles. The zero-order chi connectivity index (χ0) is 10.7. The number of hydrogen-bond acceptors (Lipinski definition) is 1. The summed E-state index contributed by atoms with van der Waals surface area (Å²) < 4.78 is 37.7. The molecule has 0 unspecified atom stereocenters. The van der Waals surface area contributed by atoms with Gasteiger partial charge in [-0.1, -0.05) is 0 Å². The second-order valence-electron chi connectivity index (χ2n) is 3.05. The lowest BCUT2D eigenvalue weighted by atomic mass is 9.98. The van der Waals surface area contributed by atoms with E-state index < -0.39 is 20.0 Å². The quantitative estimate of drug-likeness (QED) is 0.738. The van der Waals surface area contributed by atoms with E-state index in [0.29, 0.717) is 10.5 Å². The zero-order valence-corrected chi connectivity index (χ0v) is 8.67. The smallest absolute Gasteiger partial charge is 0.116 e. The molecule has 0 heterocycles. The van der Waals surface area contributed by atoms with Crippen molar-refractivity contribution in [3.05, 3.63) is 28.3 Å². The standard InChI is InChI=1S/C10H11F3S/c1-6-2-10(14)9(5-13)8(4-12)7(6)3-11/h2,14H,3-5H2,1H3. The van der Waals surface area contributed by atoms with E-state index in [1.54, 1.807) is 13.0 Å². The third kappa shape index (κ3) is 1.90. The van der Waals surface area contributed by atoms with Gasteiger partial charge in [0, 0.05) is 10.5 Å². The normalized spacial score (nSPS) is 10.6. The molecule has 78 valence electrons. The molecule has 0 atom stereocenters. The molecule has 0 radical (unpaired) electrons. The van der Waals surface area contributed by atoms with Crippen molar-refractivity contribution in [1.29, 1.82) is 0 Å². The summed E-state index contributed by atoms with van der Waals surface area (Å²) in [6.07, 6.45) is 0. The number of rotatable bonds is 3. The van der Waals surface area contributed by atoms with Crippen LogP contribution in [0.2, 0.25) is 0 Å². The second-order valence-corrected chi connectivity index (χ2v) is 3.53. The van der Waals surface area contributed by atoms with Crippen LogP contribution in [0.1, 0.15) is 22.3 Å². The van der Waals surface area contributed by atoms with E-state index in [0.717, 1.165) is 0 Å². The topological polar surface area (TPSA) is 0 Å². The Morgan fingerprint density at radius 2 is 1.50 bits per heavy atom. The molecule has 0 amide bonds. The Kier molecular flexibility index (Phi) is 3.86. The van der Waals surface area contributed by atoms with Crippen molar-refractivity contribution >= 4 is 12.6 Å². The zero-order valence-electron chi connectivity index (χ0n) is 7.78. The Hall–Kier alpha value is -0.640. The summed E-state index contributed by atoms with van der Waals surface area (Å²) in [5.41, 5.74) is 1.13. The van der Waals surface area contributed by atoms with Crippen molar-refractivity contribution in [1.82, 2.24) is 0 Å². The molecule has 0 nitrogen and oxygen atoms in total. The molecule has 0 saturated carbocycles. The van der Waals surface area contributed by atoms with E-state index in [1.165, 1.54) is 0 Å². The number of halogens is 3. The first-order chi connectivity index (χ1) is 6.65. The lowest BCUT2D eigenvalue weighted by Gasteiger charge is -2.13. The van der Waals surface area contributed by atoms with Gasteiger partial charge in [0.1, 0.15) is 20.0 Å². The molecular weight excluding hydrogens is 209 g/mol. The first-order valence-corrected chi connectivity index (χ1v) is 4.61. The predicted octanol–water partition coefficient (Wildman–Crippen LogP) is 3.69. The van der Waals surface area contributed by atoms with Crippen LogP contribution in [0, 0.1) is 6.92 Å². The van der Waals surface area contributed by atoms with Crippen molar-refractivity contribution in [3.63, 3.8) is 0 Å². The predicted molar refractivity (Wildman–Crippen MR) is 52.9 cm³/mol. The van der Waals surface area contributed by atoms with Gasteiger partial charge in [-0.25, -0.2) is 13.2 Å². The molecule has 0 fully saturated rings. The van der Waals surface area contributed by atoms with Crippen LogP contribution in [0.5, 0.6) is 0 Å². The minimum absolute atomic E-state index is 0.111. The summed E-state index contributed by atoms with van der Waals surface area (Å²) in [5.74, 6) is 0. The molecular formula is C10H11F3S. The number of aryl methyl sites for hydroxylation is 1. The highest BCUT2D eigenvalue weighted by Crippen LogP contribution is 2.28. The highest BCUT2D eigenvalue weighted by atomic mass is 32.1. The van der Waals surface area contributed by atoms with Crippen LogP contribution in [0.4, 0.5) is 13.2 Å². The Balaban J connectivity index is 3.43. The minimum atomic E-state index is -0.853. The van der Waals surface area contributed by atoms with Crippen LogP contribution < -0.4 is 0 Å². The van der Waals surface area contributed by atoms with E-state index in [4.69, 9.17) is 0 Å². The maximum Gasteiger partial charge on any atom is 0.116 e. The average molecular weight is 220 g/mol. The molecule has 0 aliphatic heterocycles. The van der Waals surface area contributed by atoms with Gasteiger partial charge in [-0.2, -0.15) is 0 Å². The van der Waals surface area contributed by atoms with E-state index in [1.807, 2.05) is 0 Å². The molecule has 14 heavy (non-hydrogen) atoms. The fourth-order valence-corrected chi connectivity index (χ4v) is 1.84. The number of alkyl halides is 3. The summed E-state index contributed by atoms with van der Waals surface area (Å²) in [6.45, 7) is -0.777. The van der Waals surface area contributed by atoms with E-state index >= 15 is 0 Å². The van der Waals surface area contributed by atoms with Gasteiger partial charge in [0.2, 0.25) is 0 Å². The monoisotopic (exact) mass is 220 g/mol. The molecule has 0 saturated heterocycles. The third-order valence-corrected chi connectivity index (χ3v) is 2.67. The Morgan fingerprint density at radius 3 is 1.93 bits per heavy atom. The molecule has 0 bridgehead atoms. The van der Waals surface area contributed by atoms with Crippen molar-refractivity contribution in [2.45, 2.75) is 31.8 Å². The van der Waals surface area contributed by atoms with Crippen LogP contribution in [0.15, 0.2) is 11.0 Å². The molecule has 1 aromatic rings. The van der Waals surface area contributed by atoms with Gasteiger partial charge >= 0.3 is 0 Å². The van der Waals surface area contributed by atoms with Gasteiger partial charge in [-0.15, -0.1) is 12.6 Å². The summed E-state index contributed by atoms with van der Waals surface area (Å²) in [5, 5.41) is 0. The SMILES string of the molecule is Cc1cc(S)c(CF)c(CF)c1CF. The lowest BCUT2D eigenvalue weighted by Crippen LogP contribution is -2.00. The van der Waals surface area contributed by atoms with Crippen LogP contribution >= 0.6 is 12.6 Å². The van der Waals surface area contributed by atoms with Gasteiger partial charge in [0.15, 0.2) is 0 Å². The summed E-state index contributed by atoms with van der Waals surface area (Å²) in [7, 11) is 0. The van der Waals surface area contributed by atoms with Crippen LogP contribution in [-0.2, 0) is 20.0 Å². The Bertz CT molecular complexity index is 308. The molecule has 1 aromatic carbocycles. The van der Waals surface area contributed by atoms with Crippen molar-refractivity contribution < 1.29 is 13.2 Å². The Labute approximate surface area is 86.5 Å². The van der Waals surface area contributed by atoms with Crippen molar-refractivity contribution in [2.75, 3.05) is 0 Å². The van der Waals surface area contributed by atoms with Gasteiger partial charge in [-0.3, -0.25) is 0 Å². The van der Waals surface area contributed by atoms with Crippen LogP contribution in [-0.4, -0.2) is 0 Å². The van der Waals surface area contributed by atoms with Crippen molar-refractivity contribution in [3.8, 4) is 0 Å². The lowest BCUT2D eigenvalue weighted by molar-refractivity contribution is 0.432. The maximum absolute atomic E-state index is 12.6. The molecule has 0 N–H and O–H groups in total. The summed E-state index contributed by atoms with van der Waals surface area (Å²) in [4.78, 5) is 0.384. The number of hydrogen-bond donors (Lipinski definition) is 1. The first-order valence-electron chi connectivity index (χ1n) is 4.16. The first kappa shape index (κ1) is 11.4. The minimum Gasteiger partial charge on any atom is -0.246 e. The maximum atomic E-state index is 12.6. The van der Waals surface area contributed by atoms with Crippen LogP contribution in [0.25, 0.3) is 0 Å². The van der Waals surface area contributed by atoms with Gasteiger partial charge in [0.25, 0.3) is 0 Å². The summed E-state index contributed by atoms with van der Waals surface area (Å²) >= 11 is 4.03. The third-order valence-electron chi connectivity index (χ3n) is 2.27. The number of benzene rings is 1. The molecule has 1 rings (SSSR count). The Morgan fingerprint density at radius 1 is 1.00 bits per heavy atom. The molecule has 0 aliphatic rings.